The molecule has 1 aromatic carbocycles. The summed E-state index contributed by atoms with van der Waals surface area (Å²) < 4.78 is 32.5. The Hall–Kier alpha value is -1.91. The van der Waals surface area contributed by atoms with Crippen molar-refractivity contribution >= 4 is 6.09 Å². The highest BCUT2D eigenvalue weighted by Gasteiger charge is 2.31. The highest BCUT2D eigenvalue weighted by Crippen LogP contribution is 2.30. The molecule has 0 radical (unpaired) electrons. The average molecular weight is 321 g/mol. The maximum absolute atomic E-state index is 12.1. The number of nitrogens with zero attached hydrogens (tertiary/aromatic N) is 1. The molecule has 0 aromatic heterocycles. The van der Waals surface area contributed by atoms with Crippen molar-refractivity contribution in [3.8, 4) is 11.5 Å². The van der Waals surface area contributed by atoms with Crippen LogP contribution in [0.5, 0.6) is 11.5 Å². The predicted octanol–water partition coefficient (Wildman–Crippen LogP) is 3.40. The highest BCUT2D eigenvalue weighted by molar-refractivity contribution is 5.68. The van der Waals surface area contributed by atoms with Crippen LogP contribution in [-0.4, -0.2) is 42.4 Å². The number of fused-ring (bicyclic) bond motifs is 1. The smallest absolute Gasteiger partial charge is 0.410 e. The normalized spacial score (nSPS) is 24.1. The van der Waals surface area contributed by atoms with Crippen LogP contribution in [0.15, 0.2) is 18.2 Å². The van der Waals surface area contributed by atoms with E-state index in [-0.39, 0.29) is 18.8 Å². The molecule has 1 saturated heterocycles. The summed E-state index contributed by atoms with van der Waals surface area (Å²) in [6, 6.07) is 5.48. The molecule has 0 saturated carbocycles. The monoisotopic (exact) mass is 321 g/mol. The van der Waals surface area contributed by atoms with Gasteiger partial charge in [0.05, 0.1) is 13.2 Å². The molecule has 1 aromatic rings. The Balaban J connectivity index is 1.60. The number of hydrogen-bond donors (Lipinski definition) is 0. The van der Waals surface area contributed by atoms with E-state index >= 15 is 0 Å². The molecular weight excluding hydrogens is 294 g/mol. The van der Waals surface area contributed by atoms with Gasteiger partial charge in [0.15, 0.2) is 0 Å². The molecule has 5 heteroatoms. The molecule has 0 aliphatic carbocycles. The summed E-state index contributed by atoms with van der Waals surface area (Å²) in [5.74, 6) is 1.39. The molecule has 2 aliphatic rings. The summed E-state index contributed by atoms with van der Waals surface area (Å²) in [7, 11) is 0. The van der Waals surface area contributed by atoms with E-state index < -0.39 is 12.0 Å². The summed E-state index contributed by atoms with van der Waals surface area (Å²) in [6.45, 7) is 6.72. The van der Waals surface area contributed by atoms with Gasteiger partial charge in [-0.15, -0.1) is 0 Å². The Morgan fingerprint density at radius 1 is 1.43 bits per heavy atom. The fourth-order valence-electron chi connectivity index (χ4n) is 2.73. The average Bonchev–Trinajstić information content (AvgIpc) is 2.93. The SMILES string of the molecule is [2H]C1([2H])COc2ccc(OC3CCN(C(=O)OC(C)(C)C)C3)cc2C1. The van der Waals surface area contributed by atoms with E-state index in [1.807, 2.05) is 39.0 Å². The molecule has 1 fully saturated rings. The van der Waals surface area contributed by atoms with E-state index in [4.69, 9.17) is 17.0 Å². The van der Waals surface area contributed by atoms with Gasteiger partial charge in [0.25, 0.3) is 0 Å². The van der Waals surface area contributed by atoms with Gasteiger partial charge in [-0.05, 0) is 57.3 Å². The van der Waals surface area contributed by atoms with Crippen LogP contribution < -0.4 is 9.47 Å². The Bertz CT molecular complexity index is 657. The summed E-state index contributed by atoms with van der Waals surface area (Å²) in [6.07, 6.45) is -0.702. The van der Waals surface area contributed by atoms with E-state index in [9.17, 15) is 4.79 Å². The Labute approximate surface area is 140 Å². The number of benzene rings is 1. The third-order valence-electron chi connectivity index (χ3n) is 3.78. The van der Waals surface area contributed by atoms with Crippen molar-refractivity contribution in [2.45, 2.75) is 51.7 Å². The lowest BCUT2D eigenvalue weighted by molar-refractivity contribution is 0.0275. The molecule has 1 unspecified atom stereocenters. The standard InChI is InChI=1S/C18H25NO4/c1-18(2,3)23-17(20)19-9-8-15(12-19)22-14-6-7-16-13(11-14)5-4-10-21-16/h6-7,11,15H,4-5,8-10,12H2,1-3H3/i4D2. The minimum absolute atomic E-state index is 0.0771. The van der Waals surface area contributed by atoms with Crippen molar-refractivity contribution in [1.82, 2.24) is 4.90 Å². The van der Waals surface area contributed by atoms with Crippen molar-refractivity contribution in [2.75, 3.05) is 19.7 Å². The zero-order valence-corrected chi connectivity index (χ0v) is 13.9. The Morgan fingerprint density at radius 2 is 2.26 bits per heavy atom. The number of aryl methyl sites for hydroxylation is 1. The van der Waals surface area contributed by atoms with Crippen LogP contribution in [0.3, 0.4) is 0 Å². The maximum Gasteiger partial charge on any atom is 0.410 e. The van der Waals surface area contributed by atoms with E-state index in [1.165, 1.54) is 0 Å². The zero-order chi connectivity index (χ0) is 18.2. The minimum atomic E-state index is -1.35. The van der Waals surface area contributed by atoms with Crippen LogP contribution >= 0.6 is 0 Å². The number of carbonyl (C=O) groups excluding carboxylic acids is 1. The topological polar surface area (TPSA) is 48.0 Å². The lowest BCUT2D eigenvalue weighted by Crippen LogP contribution is -2.36. The fraction of sp³-hybridized carbons (Fsp3) is 0.611. The first-order valence-corrected chi connectivity index (χ1v) is 8.02. The molecule has 126 valence electrons. The van der Waals surface area contributed by atoms with Crippen molar-refractivity contribution in [3.63, 3.8) is 0 Å². The predicted molar refractivity (Wildman–Crippen MR) is 87.1 cm³/mol. The maximum atomic E-state index is 12.1. The van der Waals surface area contributed by atoms with Gasteiger partial charge in [-0.2, -0.15) is 0 Å². The first-order valence-electron chi connectivity index (χ1n) is 9.02. The lowest BCUT2D eigenvalue weighted by Gasteiger charge is -2.24. The minimum Gasteiger partial charge on any atom is -0.493 e. The second-order valence-electron chi connectivity index (χ2n) is 6.94. The van der Waals surface area contributed by atoms with Crippen LogP contribution in [0.4, 0.5) is 4.79 Å². The molecule has 0 N–H and O–H groups in total. The molecule has 1 atom stereocenters. The summed E-state index contributed by atoms with van der Waals surface area (Å²) >= 11 is 0. The van der Waals surface area contributed by atoms with Gasteiger partial charge >= 0.3 is 6.09 Å². The number of amides is 1. The van der Waals surface area contributed by atoms with Gasteiger partial charge in [0.2, 0.25) is 0 Å². The number of rotatable bonds is 2. The first-order chi connectivity index (χ1) is 11.6. The van der Waals surface area contributed by atoms with Crippen LogP contribution in [-0.2, 0) is 11.2 Å². The summed E-state index contributed by atoms with van der Waals surface area (Å²) in [5, 5.41) is 0. The summed E-state index contributed by atoms with van der Waals surface area (Å²) in [5.41, 5.74) is 0.309. The van der Waals surface area contributed by atoms with Crippen molar-refractivity contribution in [1.29, 1.82) is 0 Å². The van der Waals surface area contributed by atoms with E-state index in [2.05, 4.69) is 0 Å². The lowest BCUT2D eigenvalue weighted by atomic mass is 10.1. The molecule has 0 bridgehead atoms. The number of ether oxygens (including phenoxy) is 3. The second kappa shape index (κ2) is 6.30. The second-order valence-corrected chi connectivity index (χ2v) is 6.94. The Kier molecular flexibility index (Phi) is 3.70. The van der Waals surface area contributed by atoms with Gasteiger partial charge < -0.3 is 19.1 Å². The van der Waals surface area contributed by atoms with Gasteiger partial charge in [-0.1, -0.05) is 0 Å². The number of likely N-dealkylation sites (tertiary alicyclic amines) is 1. The van der Waals surface area contributed by atoms with Gasteiger partial charge in [-0.25, -0.2) is 4.79 Å². The van der Waals surface area contributed by atoms with Crippen LogP contribution in [0.1, 0.15) is 41.9 Å². The summed E-state index contributed by atoms with van der Waals surface area (Å²) in [4.78, 5) is 13.8. The highest BCUT2D eigenvalue weighted by atomic mass is 16.6. The Morgan fingerprint density at radius 3 is 3.04 bits per heavy atom. The number of carbonyl (C=O) groups is 1. The van der Waals surface area contributed by atoms with Gasteiger partial charge in [0.1, 0.15) is 23.2 Å². The van der Waals surface area contributed by atoms with Crippen molar-refractivity contribution < 1.29 is 21.7 Å². The van der Waals surface area contributed by atoms with Crippen LogP contribution in [0, 0.1) is 0 Å². The third kappa shape index (κ3) is 4.09. The fourth-order valence-corrected chi connectivity index (χ4v) is 2.73. The molecule has 23 heavy (non-hydrogen) atoms. The molecule has 1 amide bonds. The largest absolute Gasteiger partial charge is 0.493 e. The van der Waals surface area contributed by atoms with Crippen LogP contribution in [0.25, 0.3) is 0 Å². The quantitative estimate of drug-likeness (QED) is 0.837. The van der Waals surface area contributed by atoms with Crippen molar-refractivity contribution in [2.24, 2.45) is 0 Å². The van der Waals surface area contributed by atoms with E-state index in [0.29, 0.717) is 31.0 Å². The molecule has 0 spiro atoms. The molecule has 5 nitrogen and oxygen atoms in total. The van der Waals surface area contributed by atoms with E-state index in [1.54, 1.807) is 4.90 Å². The zero-order valence-electron chi connectivity index (χ0n) is 15.9. The molecule has 3 rings (SSSR count). The molecule has 2 aliphatic heterocycles. The molecule has 2 heterocycles. The van der Waals surface area contributed by atoms with Crippen LogP contribution in [0.2, 0.25) is 0 Å². The van der Waals surface area contributed by atoms with E-state index in [0.717, 1.165) is 12.0 Å². The number of hydrogen-bond acceptors (Lipinski definition) is 4. The molecular formula is C18H25NO4. The van der Waals surface area contributed by atoms with Crippen molar-refractivity contribution in [3.05, 3.63) is 23.8 Å². The third-order valence-corrected chi connectivity index (χ3v) is 3.78. The van der Waals surface area contributed by atoms with Gasteiger partial charge in [-0.3, -0.25) is 0 Å². The van der Waals surface area contributed by atoms with Gasteiger partial charge in [0, 0.05) is 15.7 Å². The first kappa shape index (κ1) is 13.5.